The van der Waals surface area contributed by atoms with Gasteiger partial charge in [0, 0.05) is 12.5 Å². The predicted octanol–water partition coefficient (Wildman–Crippen LogP) is 2.26. The molecule has 21 heavy (non-hydrogen) atoms. The van der Waals surface area contributed by atoms with E-state index in [9.17, 15) is 9.90 Å². The van der Waals surface area contributed by atoms with Crippen LogP contribution in [0.1, 0.15) is 38.2 Å². The SMILES string of the molecule is CC(OCc1ccccc1)C(=O)NCC1CCCCC1O. The molecule has 0 spiro atoms. The second-order valence-electron chi connectivity index (χ2n) is 5.80. The third-order valence-corrected chi connectivity index (χ3v) is 4.12. The summed E-state index contributed by atoms with van der Waals surface area (Å²) in [7, 11) is 0. The van der Waals surface area contributed by atoms with E-state index in [1.54, 1.807) is 6.92 Å². The van der Waals surface area contributed by atoms with Crippen LogP contribution in [-0.2, 0) is 16.1 Å². The molecule has 1 fully saturated rings. The Balaban J connectivity index is 1.70. The van der Waals surface area contributed by atoms with Crippen molar-refractivity contribution >= 4 is 5.91 Å². The minimum atomic E-state index is -0.481. The van der Waals surface area contributed by atoms with Crippen LogP contribution in [0.3, 0.4) is 0 Å². The van der Waals surface area contributed by atoms with Gasteiger partial charge in [0.1, 0.15) is 6.10 Å². The topological polar surface area (TPSA) is 58.6 Å². The molecular weight excluding hydrogens is 266 g/mol. The highest BCUT2D eigenvalue weighted by Gasteiger charge is 2.24. The monoisotopic (exact) mass is 291 g/mol. The van der Waals surface area contributed by atoms with Crippen molar-refractivity contribution in [1.29, 1.82) is 0 Å². The number of carbonyl (C=O) groups is 1. The van der Waals surface area contributed by atoms with E-state index in [0.29, 0.717) is 13.2 Å². The Labute approximate surface area is 126 Å². The number of benzene rings is 1. The number of hydrogen-bond donors (Lipinski definition) is 2. The summed E-state index contributed by atoms with van der Waals surface area (Å²) in [5.74, 6) is 0.0766. The number of ether oxygens (including phenoxy) is 1. The number of aliphatic hydroxyl groups excluding tert-OH is 1. The van der Waals surface area contributed by atoms with E-state index in [1.807, 2.05) is 30.3 Å². The molecule has 1 aromatic rings. The van der Waals surface area contributed by atoms with Crippen molar-refractivity contribution in [1.82, 2.24) is 5.32 Å². The summed E-state index contributed by atoms with van der Waals surface area (Å²) in [6, 6.07) is 9.81. The van der Waals surface area contributed by atoms with Crippen molar-refractivity contribution in [3.8, 4) is 0 Å². The Morgan fingerprint density at radius 3 is 2.76 bits per heavy atom. The molecule has 4 nitrogen and oxygen atoms in total. The summed E-state index contributed by atoms with van der Waals surface area (Å²) in [4.78, 5) is 12.0. The van der Waals surface area contributed by atoms with E-state index in [4.69, 9.17) is 4.74 Å². The number of aliphatic hydroxyl groups is 1. The fraction of sp³-hybridized carbons (Fsp3) is 0.588. The lowest BCUT2D eigenvalue weighted by atomic mass is 9.86. The van der Waals surface area contributed by atoms with E-state index >= 15 is 0 Å². The first kappa shape index (κ1) is 16.0. The molecular formula is C17H25NO3. The third kappa shape index (κ3) is 5.14. The van der Waals surface area contributed by atoms with E-state index in [0.717, 1.165) is 31.2 Å². The maximum absolute atomic E-state index is 12.0. The van der Waals surface area contributed by atoms with Crippen LogP contribution in [0.15, 0.2) is 30.3 Å². The predicted molar refractivity (Wildman–Crippen MR) is 81.7 cm³/mol. The lowest BCUT2D eigenvalue weighted by Crippen LogP contribution is -2.41. The number of rotatable bonds is 6. The Morgan fingerprint density at radius 1 is 1.33 bits per heavy atom. The molecule has 1 saturated carbocycles. The molecule has 116 valence electrons. The van der Waals surface area contributed by atoms with Crippen LogP contribution in [-0.4, -0.2) is 29.8 Å². The van der Waals surface area contributed by atoms with Crippen LogP contribution >= 0.6 is 0 Å². The molecule has 0 heterocycles. The Morgan fingerprint density at radius 2 is 2.05 bits per heavy atom. The fourth-order valence-corrected chi connectivity index (χ4v) is 2.67. The second-order valence-corrected chi connectivity index (χ2v) is 5.80. The van der Waals surface area contributed by atoms with Gasteiger partial charge in [-0.2, -0.15) is 0 Å². The Hall–Kier alpha value is -1.39. The average molecular weight is 291 g/mol. The summed E-state index contributed by atoms with van der Waals surface area (Å²) in [5, 5.41) is 12.8. The van der Waals surface area contributed by atoms with Gasteiger partial charge in [-0.15, -0.1) is 0 Å². The molecule has 2 N–H and O–H groups in total. The van der Waals surface area contributed by atoms with Gasteiger partial charge in [-0.05, 0) is 25.3 Å². The lowest BCUT2D eigenvalue weighted by Gasteiger charge is -2.28. The van der Waals surface area contributed by atoms with Gasteiger partial charge in [0.25, 0.3) is 0 Å². The summed E-state index contributed by atoms with van der Waals surface area (Å²) >= 11 is 0. The molecule has 2 rings (SSSR count). The van der Waals surface area contributed by atoms with Crippen LogP contribution in [0.2, 0.25) is 0 Å². The van der Waals surface area contributed by atoms with Crippen molar-refractivity contribution in [3.63, 3.8) is 0 Å². The number of amides is 1. The standard InChI is InChI=1S/C17H25NO3/c1-13(21-12-14-7-3-2-4-8-14)17(20)18-11-15-9-5-6-10-16(15)19/h2-4,7-8,13,15-16,19H,5-6,9-12H2,1H3,(H,18,20). The molecule has 3 atom stereocenters. The third-order valence-electron chi connectivity index (χ3n) is 4.12. The van der Waals surface area contributed by atoms with Crippen molar-refractivity contribution in [2.24, 2.45) is 5.92 Å². The summed E-state index contributed by atoms with van der Waals surface area (Å²) in [5.41, 5.74) is 1.06. The molecule has 0 aliphatic heterocycles. The van der Waals surface area contributed by atoms with Crippen molar-refractivity contribution in [2.75, 3.05) is 6.54 Å². The first-order valence-electron chi connectivity index (χ1n) is 7.78. The first-order chi connectivity index (χ1) is 10.2. The van der Waals surface area contributed by atoms with Crippen molar-refractivity contribution < 1.29 is 14.6 Å². The van der Waals surface area contributed by atoms with Gasteiger partial charge in [-0.1, -0.05) is 43.2 Å². The van der Waals surface area contributed by atoms with Crippen LogP contribution in [0.25, 0.3) is 0 Å². The second kappa shape index (κ2) is 8.15. The Kier molecular flexibility index (Phi) is 6.21. The lowest BCUT2D eigenvalue weighted by molar-refractivity contribution is -0.132. The molecule has 1 aliphatic rings. The van der Waals surface area contributed by atoms with Crippen LogP contribution in [0, 0.1) is 5.92 Å². The highest BCUT2D eigenvalue weighted by molar-refractivity contribution is 5.80. The summed E-state index contributed by atoms with van der Waals surface area (Å²) in [6.45, 7) is 2.73. The maximum Gasteiger partial charge on any atom is 0.248 e. The quantitative estimate of drug-likeness (QED) is 0.845. The smallest absolute Gasteiger partial charge is 0.248 e. The molecule has 1 amide bonds. The van der Waals surface area contributed by atoms with Gasteiger partial charge >= 0.3 is 0 Å². The van der Waals surface area contributed by atoms with Crippen LogP contribution in [0.4, 0.5) is 0 Å². The number of hydrogen-bond acceptors (Lipinski definition) is 3. The zero-order valence-corrected chi connectivity index (χ0v) is 12.6. The van der Waals surface area contributed by atoms with Crippen molar-refractivity contribution in [2.45, 2.75) is 51.4 Å². The van der Waals surface area contributed by atoms with E-state index < -0.39 is 6.10 Å². The number of carbonyl (C=O) groups excluding carboxylic acids is 1. The number of nitrogens with one attached hydrogen (secondary N) is 1. The normalized spacial score (nSPS) is 23.5. The molecule has 0 radical (unpaired) electrons. The highest BCUT2D eigenvalue weighted by atomic mass is 16.5. The van der Waals surface area contributed by atoms with E-state index in [1.165, 1.54) is 0 Å². The molecule has 0 saturated heterocycles. The van der Waals surface area contributed by atoms with Gasteiger partial charge in [0.15, 0.2) is 0 Å². The van der Waals surface area contributed by atoms with E-state index in [2.05, 4.69) is 5.32 Å². The highest BCUT2D eigenvalue weighted by Crippen LogP contribution is 2.23. The first-order valence-corrected chi connectivity index (χ1v) is 7.78. The van der Waals surface area contributed by atoms with Crippen LogP contribution in [0.5, 0.6) is 0 Å². The Bertz CT molecular complexity index is 435. The molecule has 1 aliphatic carbocycles. The maximum atomic E-state index is 12.0. The zero-order chi connectivity index (χ0) is 15.1. The van der Waals surface area contributed by atoms with Gasteiger partial charge in [0.2, 0.25) is 5.91 Å². The fourth-order valence-electron chi connectivity index (χ4n) is 2.67. The molecule has 0 aromatic heterocycles. The van der Waals surface area contributed by atoms with Gasteiger partial charge < -0.3 is 15.2 Å². The minimum absolute atomic E-state index is 0.108. The van der Waals surface area contributed by atoms with E-state index in [-0.39, 0.29) is 17.9 Å². The minimum Gasteiger partial charge on any atom is -0.393 e. The largest absolute Gasteiger partial charge is 0.393 e. The molecule has 0 bridgehead atoms. The summed E-state index contributed by atoms with van der Waals surface area (Å²) < 4.78 is 5.58. The molecule has 4 heteroatoms. The van der Waals surface area contributed by atoms with Crippen molar-refractivity contribution in [3.05, 3.63) is 35.9 Å². The van der Waals surface area contributed by atoms with Gasteiger partial charge in [0.05, 0.1) is 12.7 Å². The average Bonchev–Trinajstić information content (AvgIpc) is 2.52. The summed E-state index contributed by atoms with van der Waals surface area (Å²) in [6.07, 6.45) is 3.30. The molecule has 3 unspecified atom stereocenters. The van der Waals surface area contributed by atoms with Gasteiger partial charge in [-0.3, -0.25) is 4.79 Å². The zero-order valence-electron chi connectivity index (χ0n) is 12.6. The van der Waals surface area contributed by atoms with Gasteiger partial charge in [-0.25, -0.2) is 0 Å². The molecule has 1 aromatic carbocycles. The van der Waals surface area contributed by atoms with Crippen LogP contribution < -0.4 is 5.32 Å².